The van der Waals surface area contributed by atoms with E-state index in [1.165, 1.54) is 0 Å². The lowest BCUT2D eigenvalue weighted by molar-refractivity contribution is -0.113. The number of hydrogen-bond donors (Lipinski definition) is 0. The van der Waals surface area contributed by atoms with E-state index >= 15 is 0 Å². The zero-order valence-corrected chi connectivity index (χ0v) is 9.28. The van der Waals surface area contributed by atoms with Crippen molar-refractivity contribution in [2.45, 2.75) is 18.6 Å². The predicted octanol–water partition coefficient (Wildman–Crippen LogP) is 1.42. The Morgan fingerprint density at radius 2 is 2.31 bits per heavy atom. The Morgan fingerprint density at radius 1 is 1.62 bits per heavy atom. The highest BCUT2D eigenvalue weighted by Gasteiger charge is 2.30. The summed E-state index contributed by atoms with van der Waals surface area (Å²) in [4.78, 5) is 14.6. The maximum Gasteiger partial charge on any atom is 0.269 e. The molecule has 0 N–H and O–H groups in total. The zero-order valence-electron chi connectivity index (χ0n) is 8.28. The van der Waals surface area contributed by atoms with Crippen LogP contribution in [0, 0.1) is 0 Å². The van der Waals surface area contributed by atoms with Crippen molar-refractivity contribution in [3.63, 3.8) is 0 Å². The number of methoxy groups -OCH3 is 1. The molecule has 0 bridgehead atoms. The summed E-state index contributed by atoms with van der Waals surface area (Å²) < 4.78 is 5.17. The summed E-state index contributed by atoms with van der Waals surface area (Å²) in [7, 11) is 0.269. The Morgan fingerprint density at radius 3 is 2.77 bits per heavy atom. The predicted molar refractivity (Wildman–Crippen MR) is 55.7 cm³/mol. The molecule has 1 aliphatic heterocycles. The van der Waals surface area contributed by atoms with Crippen molar-refractivity contribution in [2.75, 3.05) is 13.3 Å². The molecule has 0 aromatic rings. The first-order valence-corrected chi connectivity index (χ1v) is 7.60. The largest absolute Gasteiger partial charge is 0.388 e. The number of nitrogens with zero attached hydrogens (tertiary/aromatic N) is 1. The van der Waals surface area contributed by atoms with Crippen LogP contribution in [0.3, 0.4) is 0 Å². The lowest BCUT2D eigenvalue weighted by Gasteiger charge is -2.27. The van der Waals surface area contributed by atoms with Crippen LogP contribution < -0.4 is 0 Å². The molecule has 0 aromatic heterocycles. The molecule has 1 rings (SSSR count). The van der Waals surface area contributed by atoms with Gasteiger partial charge >= 0.3 is 0 Å². The summed E-state index contributed by atoms with van der Waals surface area (Å²) in [5.74, 6) is -0.154. The summed E-state index contributed by atoms with van der Waals surface area (Å²) in [6.45, 7) is 4.46. The summed E-state index contributed by atoms with van der Waals surface area (Å²) >= 11 is 0. The van der Waals surface area contributed by atoms with Gasteiger partial charge in [0.05, 0.1) is 8.07 Å². The minimum Gasteiger partial charge on any atom is -0.388 e. The van der Waals surface area contributed by atoms with E-state index in [1.54, 1.807) is 19.4 Å². The van der Waals surface area contributed by atoms with Gasteiger partial charge in [-0.1, -0.05) is 19.2 Å². The molecule has 1 unspecified atom stereocenters. The molecular formula is C9H15NO2Si. The average Bonchev–Trinajstić information content (AvgIpc) is 2.05. The second-order valence-corrected chi connectivity index (χ2v) is 8.86. The molecule has 4 heteroatoms. The van der Waals surface area contributed by atoms with Gasteiger partial charge in [0.1, 0.15) is 0 Å². The molecule has 3 nitrogen and oxygen atoms in total. The van der Waals surface area contributed by atoms with Crippen molar-refractivity contribution in [3.8, 4) is 0 Å². The molecule has 1 heterocycles. The molecule has 0 saturated heterocycles. The molecule has 1 aliphatic rings. The van der Waals surface area contributed by atoms with E-state index in [9.17, 15) is 4.79 Å². The first-order valence-electron chi connectivity index (χ1n) is 4.31. The van der Waals surface area contributed by atoms with Crippen LogP contribution in [-0.2, 0) is 9.53 Å². The summed E-state index contributed by atoms with van der Waals surface area (Å²) in [6, 6.07) is 0. The first-order chi connectivity index (χ1) is 6.06. The zero-order chi connectivity index (χ0) is 9.90. The van der Waals surface area contributed by atoms with Gasteiger partial charge in [0.2, 0.25) is 0 Å². The average molecular weight is 197 g/mol. The molecule has 0 aliphatic carbocycles. The van der Waals surface area contributed by atoms with E-state index in [0.29, 0.717) is 5.54 Å². The molecule has 0 radical (unpaired) electrons. The van der Waals surface area contributed by atoms with Crippen molar-refractivity contribution >= 4 is 20.2 Å². The maximum absolute atomic E-state index is 10.8. The van der Waals surface area contributed by atoms with Crippen LogP contribution in [0.4, 0.5) is 0 Å². The number of aliphatic imine (C=N–C) groups is 1. The smallest absolute Gasteiger partial charge is 0.269 e. The fourth-order valence-electron chi connectivity index (χ4n) is 1.36. The van der Waals surface area contributed by atoms with E-state index in [2.05, 4.69) is 18.1 Å². The van der Waals surface area contributed by atoms with Crippen LogP contribution in [0.5, 0.6) is 0 Å². The summed E-state index contributed by atoms with van der Waals surface area (Å²) in [5.41, 5.74) is 0.324. The van der Waals surface area contributed by atoms with E-state index < -0.39 is 8.07 Å². The number of ether oxygens (including phenoxy) is 1. The Kier molecular flexibility index (Phi) is 3.16. The van der Waals surface area contributed by atoms with Gasteiger partial charge in [-0.2, -0.15) is 0 Å². The van der Waals surface area contributed by atoms with Crippen LogP contribution in [0.25, 0.3) is 0 Å². The Labute approximate surface area is 79.5 Å². The molecule has 0 spiro atoms. The molecule has 1 atom stereocenters. The lowest BCUT2D eigenvalue weighted by Crippen LogP contribution is -2.39. The van der Waals surface area contributed by atoms with Crippen molar-refractivity contribution in [3.05, 3.63) is 12.2 Å². The number of dihydropyridines is 1. The van der Waals surface area contributed by atoms with Gasteiger partial charge in [-0.25, -0.2) is 4.99 Å². The monoisotopic (exact) mass is 197 g/mol. The molecular weight excluding hydrogens is 182 g/mol. The summed E-state index contributed by atoms with van der Waals surface area (Å²) in [6.07, 6.45) is 6.05. The Bertz CT molecular complexity index is 242. The minimum atomic E-state index is -1.44. The third-order valence-corrected chi connectivity index (χ3v) is 5.41. The molecule has 72 valence electrons. The standard InChI is InChI=1S/C9H15NO2Si/c1-12-7-13(2,3)8-4-5-9(11)10-6-8/h4-6,8H,7H2,1-3H3. The number of carbonyl (C=O) groups excluding carboxylic acids is 1. The molecule has 13 heavy (non-hydrogen) atoms. The summed E-state index contributed by atoms with van der Waals surface area (Å²) in [5, 5.41) is 0. The first kappa shape index (κ1) is 10.3. The third kappa shape index (κ3) is 2.60. The Balaban J connectivity index is 2.68. The molecule has 0 aromatic carbocycles. The minimum absolute atomic E-state index is 0.154. The van der Waals surface area contributed by atoms with Crippen LogP contribution in [0.2, 0.25) is 18.6 Å². The highest BCUT2D eigenvalue weighted by Crippen LogP contribution is 2.23. The van der Waals surface area contributed by atoms with Crippen molar-refractivity contribution in [1.29, 1.82) is 0 Å². The van der Waals surface area contributed by atoms with Crippen molar-refractivity contribution in [1.82, 2.24) is 0 Å². The maximum atomic E-state index is 10.8. The lowest BCUT2D eigenvalue weighted by atomic mass is 10.3. The van der Waals surface area contributed by atoms with Crippen molar-refractivity contribution in [2.24, 2.45) is 4.99 Å². The van der Waals surface area contributed by atoms with Crippen LogP contribution >= 0.6 is 0 Å². The number of amides is 1. The van der Waals surface area contributed by atoms with E-state index in [4.69, 9.17) is 4.74 Å². The highest BCUT2D eigenvalue weighted by atomic mass is 28.3. The van der Waals surface area contributed by atoms with Gasteiger partial charge < -0.3 is 4.74 Å². The third-order valence-electron chi connectivity index (χ3n) is 2.23. The number of carbonyl (C=O) groups is 1. The second-order valence-electron chi connectivity index (χ2n) is 3.92. The van der Waals surface area contributed by atoms with Gasteiger partial charge in [0.25, 0.3) is 5.91 Å². The molecule has 0 fully saturated rings. The molecule has 1 amide bonds. The van der Waals surface area contributed by atoms with E-state index in [0.717, 1.165) is 6.23 Å². The fourth-order valence-corrected chi connectivity index (χ4v) is 3.39. The van der Waals surface area contributed by atoms with E-state index in [-0.39, 0.29) is 5.91 Å². The SMILES string of the molecule is COC[Si](C)(C)C1C=CC(=O)N=C1. The fraction of sp³-hybridized carbons (Fsp3) is 0.556. The van der Waals surface area contributed by atoms with Crippen LogP contribution in [-0.4, -0.2) is 33.5 Å². The molecule has 0 saturated carbocycles. The van der Waals surface area contributed by atoms with E-state index in [1.807, 2.05) is 6.08 Å². The van der Waals surface area contributed by atoms with Gasteiger partial charge in [-0.05, 0) is 0 Å². The Hall–Kier alpha value is -0.743. The number of hydrogen-bond acceptors (Lipinski definition) is 2. The highest BCUT2D eigenvalue weighted by molar-refractivity contribution is 6.81. The second kappa shape index (κ2) is 3.98. The van der Waals surface area contributed by atoms with Gasteiger partial charge in [-0.15, -0.1) is 0 Å². The number of allylic oxidation sites excluding steroid dienone is 1. The normalized spacial score (nSPS) is 22.4. The quantitative estimate of drug-likeness (QED) is 0.642. The number of rotatable bonds is 3. The van der Waals surface area contributed by atoms with Crippen LogP contribution in [0.15, 0.2) is 17.1 Å². The van der Waals surface area contributed by atoms with Gasteiger partial charge in [0, 0.05) is 31.2 Å². The topological polar surface area (TPSA) is 38.7 Å². The van der Waals surface area contributed by atoms with Gasteiger partial charge in [-0.3, -0.25) is 4.79 Å². The van der Waals surface area contributed by atoms with Gasteiger partial charge in [0.15, 0.2) is 0 Å². The van der Waals surface area contributed by atoms with Crippen LogP contribution in [0.1, 0.15) is 0 Å². The van der Waals surface area contributed by atoms with Crippen molar-refractivity contribution < 1.29 is 9.53 Å².